The van der Waals surface area contributed by atoms with Crippen molar-refractivity contribution >= 4 is 0 Å². The molecule has 0 unspecified atom stereocenters. The molecule has 1 aliphatic carbocycles. The summed E-state index contributed by atoms with van der Waals surface area (Å²) in [5, 5.41) is 3.54. The average Bonchev–Trinajstić information content (AvgIpc) is 3.31. The zero-order chi connectivity index (χ0) is 14.9. The van der Waals surface area contributed by atoms with Gasteiger partial charge in [0.15, 0.2) is 0 Å². The number of hydrogen-bond acceptors (Lipinski definition) is 4. The summed E-state index contributed by atoms with van der Waals surface area (Å²) in [5.41, 5.74) is 1.26. The molecule has 0 spiro atoms. The number of likely N-dealkylation sites (N-methyl/N-ethyl adjacent to an activating group) is 1. The molecule has 4 heteroatoms. The van der Waals surface area contributed by atoms with Gasteiger partial charge in [-0.05, 0) is 32.4 Å². The van der Waals surface area contributed by atoms with Gasteiger partial charge in [0.1, 0.15) is 12.4 Å². The lowest BCUT2D eigenvalue weighted by Gasteiger charge is -2.18. The fraction of sp³-hybridized carbons (Fsp3) is 0.647. The highest BCUT2D eigenvalue weighted by atomic mass is 16.5. The fourth-order valence-corrected chi connectivity index (χ4v) is 2.23. The predicted molar refractivity (Wildman–Crippen MR) is 85.8 cm³/mol. The van der Waals surface area contributed by atoms with Gasteiger partial charge in [-0.2, -0.15) is 0 Å². The van der Waals surface area contributed by atoms with Gasteiger partial charge in [0.2, 0.25) is 0 Å². The summed E-state index contributed by atoms with van der Waals surface area (Å²) < 4.78 is 11.0. The van der Waals surface area contributed by atoms with Crippen LogP contribution in [0.4, 0.5) is 0 Å². The number of para-hydroxylation sites is 1. The van der Waals surface area contributed by atoms with E-state index >= 15 is 0 Å². The molecule has 0 heterocycles. The number of nitrogens with zero attached hydrogens (tertiary/aromatic N) is 1. The summed E-state index contributed by atoms with van der Waals surface area (Å²) in [5.74, 6) is 1.01. The molecule has 1 aliphatic rings. The first kappa shape index (κ1) is 16.3. The van der Waals surface area contributed by atoms with Crippen molar-refractivity contribution < 1.29 is 9.47 Å². The minimum Gasteiger partial charge on any atom is -0.492 e. The third-order valence-electron chi connectivity index (χ3n) is 3.75. The zero-order valence-corrected chi connectivity index (χ0v) is 13.3. The lowest BCUT2D eigenvalue weighted by molar-refractivity contribution is 0.171. The summed E-state index contributed by atoms with van der Waals surface area (Å²) in [6, 6.07) is 9.05. The van der Waals surface area contributed by atoms with E-state index in [1.807, 2.05) is 6.07 Å². The maximum Gasteiger partial charge on any atom is 0.123 e. The van der Waals surface area contributed by atoms with Crippen molar-refractivity contribution in [2.75, 3.05) is 40.5 Å². The van der Waals surface area contributed by atoms with E-state index in [1.165, 1.54) is 18.4 Å². The van der Waals surface area contributed by atoms with E-state index in [-0.39, 0.29) is 0 Å². The molecule has 0 saturated heterocycles. The van der Waals surface area contributed by atoms with Gasteiger partial charge >= 0.3 is 0 Å². The smallest absolute Gasteiger partial charge is 0.123 e. The van der Waals surface area contributed by atoms with Crippen molar-refractivity contribution in [1.82, 2.24) is 10.2 Å². The van der Waals surface area contributed by atoms with Crippen molar-refractivity contribution in [3.63, 3.8) is 0 Å². The molecule has 1 N–H and O–H groups in total. The van der Waals surface area contributed by atoms with Crippen LogP contribution < -0.4 is 10.1 Å². The summed E-state index contributed by atoms with van der Waals surface area (Å²) in [7, 11) is 3.87. The van der Waals surface area contributed by atoms with E-state index in [4.69, 9.17) is 9.47 Å². The largest absolute Gasteiger partial charge is 0.492 e. The van der Waals surface area contributed by atoms with Crippen LogP contribution in [0.1, 0.15) is 24.8 Å². The molecule has 118 valence electrons. The Balaban J connectivity index is 1.69. The number of benzene rings is 1. The van der Waals surface area contributed by atoms with Gasteiger partial charge in [0.05, 0.1) is 0 Å². The average molecular weight is 292 g/mol. The highest BCUT2D eigenvalue weighted by molar-refractivity contribution is 5.33. The van der Waals surface area contributed by atoms with Crippen molar-refractivity contribution in [2.45, 2.75) is 31.8 Å². The van der Waals surface area contributed by atoms with E-state index in [2.05, 4.69) is 35.5 Å². The molecule has 1 fully saturated rings. The third-order valence-corrected chi connectivity index (χ3v) is 3.75. The topological polar surface area (TPSA) is 33.7 Å². The maximum atomic E-state index is 5.95. The van der Waals surface area contributed by atoms with Crippen LogP contribution in [0.15, 0.2) is 24.3 Å². The fourth-order valence-electron chi connectivity index (χ4n) is 2.23. The Hall–Kier alpha value is -1.10. The molecule has 1 aromatic rings. The summed E-state index contributed by atoms with van der Waals surface area (Å²) in [6.45, 7) is 4.44. The van der Waals surface area contributed by atoms with Gasteiger partial charge in [0.25, 0.3) is 0 Å². The normalized spacial score (nSPS) is 14.6. The lowest BCUT2D eigenvalue weighted by atomic mass is 10.2. The van der Waals surface area contributed by atoms with Gasteiger partial charge < -0.3 is 19.7 Å². The van der Waals surface area contributed by atoms with Gasteiger partial charge in [-0.1, -0.05) is 18.2 Å². The number of rotatable bonds is 11. The first-order chi connectivity index (χ1) is 10.3. The zero-order valence-electron chi connectivity index (χ0n) is 13.3. The van der Waals surface area contributed by atoms with Crippen LogP contribution >= 0.6 is 0 Å². The summed E-state index contributed by atoms with van der Waals surface area (Å²) in [6.07, 6.45) is 3.69. The highest BCUT2D eigenvalue weighted by Crippen LogP contribution is 2.22. The second-order valence-electron chi connectivity index (χ2n) is 5.76. The molecule has 0 aliphatic heterocycles. The van der Waals surface area contributed by atoms with E-state index < -0.39 is 0 Å². The molecule has 0 radical (unpaired) electrons. The number of ether oxygens (including phenoxy) is 2. The Morgan fingerprint density at radius 3 is 2.76 bits per heavy atom. The van der Waals surface area contributed by atoms with Crippen molar-refractivity contribution in [3.05, 3.63) is 29.8 Å². The van der Waals surface area contributed by atoms with E-state index in [0.29, 0.717) is 0 Å². The molecule has 0 bridgehead atoms. The van der Waals surface area contributed by atoms with Crippen molar-refractivity contribution in [3.8, 4) is 5.75 Å². The van der Waals surface area contributed by atoms with Crippen molar-refractivity contribution in [2.24, 2.45) is 0 Å². The predicted octanol–water partition coefficient (Wildman–Crippen LogP) is 2.29. The Morgan fingerprint density at radius 1 is 1.19 bits per heavy atom. The molecule has 0 aromatic heterocycles. The van der Waals surface area contributed by atoms with Gasteiger partial charge in [0, 0.05) is 45.0 Å². The second-order valence-corrected chi connectivity index (χ2v) is 5.76. The maximum absolute atomic E-state index is 5.95. The third kappa shape index (κ3) is 6.46. The molecule has 1 aromatic carbocycles. The number of hydrogen-bond donors (Lipinski definition) is 1. The van der Waals surface area contributed by atoms with Crippen LogP contribution in [0.5, 0.6) is 5.75 Å². The van der Waals surface area contributed by atoms with Crippen LogP contribution in [-0.4, -0.2) is 51.4 Å². The molecule has 21 heavy (non-hydrogen) atoms. The van der Waals surface area contributed by atoms with E-state index in [1.54, 1.807) is 7.11 Å². The number of nitrogens with one attached hydrogen (secondary N) is 1. The molecular weight excluding hydrogens is 264 g/mol. The SMILES string of the molecule is COCCCN(C)CCOc1ccccc1CNC1CC1. The Kier molecular flexibility index (Phi) is 7.00. The minimum absolute atomic E-state index is 0.726. The lowest BCUT2D eigenvalue weighted by Crippen LogP contribution is -2.26. The summed E-state index contributed by atoms with van der Waals surface area (Å²) >= 11 is 0. The van der Waals surface area contributed by atoms with E-state index in [9.17, 15) is 0 Å². The molecule has 0 atom stereocenters. The molecule has 1 saturated carbocycles. The Labute approximate surface area is 128 Å². The van der Waals surface area contributed by atoms with Crippen LogP contribution in [0.25, 0.3) is 0 Å². The van der Waals surface area contributed by atoms with E-state index in [0.717, 1.165) is 51.1 Å². The summed E-state index contributed by atoms with van der Waals surface area (Å²) in [4.78, 5) is 2.28. The quantitative estimate of drug-likeness (QED) is 0.635. The molecular formula is C17H28N2O2. The standard InChI is InChI=1S/C17H28N2O2/c1-19(10-5-12-20-2)11-13-21-17-7-4-3-6-15(17)14-18-16-8-9-16/h3-4,6-7,16,18H,5,8-14H2,1-2H3. The Morgan fingerprint density at radius 2 is 2.00 bits per heavy atom. The highest BCUT2D eigenvalue weighted by Gasteiger charge is 2.20. The van der Waals surface area contributed by atoms with Gasteiger partial charge in [-0.15, -0.1) is 0 Å². The molecule has 0 amide bonds. The van der Waals surface area contributed by atoms with Gasteiger partial charge in [-0.25, -0.2) is 0 Å². The minimum atomic E-state index is 0.726. The first-order valence-electron chi connectivity index (χ1n) is 7.91. The van der Waals surface area contributed by atoms with Crippen LogP contribution in [0, 0.1) is 0 Å². The van der Waals surface area contributed by atoms with Crippen LogP contribution in [0.3, 0.4) is 0 Å². The first-order valence-corrected chi connectivity index (χ1v) is 7.91. The van der Waals surface area contributed by atoms with Crippen LogP contribution in [-0.2, 0) is 11.3 Å². The molecule has 2 rings (SSSR count). The Bertz CT molecular complexity index is 408. The number of methoxy groups -OCH3 is 1. The monoisotopic (exact) mass is 292 g/mol. The van der Waals surface area contributed by atoms with Gasteiger partial charge in [-0.3, -0.25) is 0 Å². The van der Waals surface area contributed by atoms with Crippen molar-refractivity contribution in [1.29, 1.82) is 0 Å². The molecule has 4 nitrogen and oxygen atoms in total. The second kappa shape index (κ2) is 9.03. The van der Waals surface area contributed by atoms with Crippen LogP contribution in [0.2, 0.25) is 0 Å².